The molecular weight excluding hydrogens is 625 g/mol. The van der Waals surface area contributed by atoms with Gasteiger partial charge in [-0.3, -0.25) is 4.57 Å². The Hall–Kier alpha value is 0.0700. The van der Waals surface area contributed by atoms with Gasteiger partial charge in [-0.05, 0) is 63.5 Å². The third-order valence-corrected chi connectivity index (χ3v) is 12.5. The maximum absolute atomic E-state index is 14.6. The zero-order valence-corrected chi connectivity index (χ0v) is 35.1. The van der Waals surface area contributed by atoms with Crippen molar-refractivity contribution in [3.8, 4) is 0 Å². The molecule has 0 aliphatic rings. The van der Waals surface area contributed by atoms with Gasteiger partial charge in [-0.25, -0.2) is 0 Å². The average molecular weight is 716 g/mol. The molecule has 0 aromatic heterocycles. The van der Waals surface area contributed by atoms with Crippen LogP contribution >= 0.6 is 7.60 Å². The molecule has 5 nitrogen and oxygen atoms in total. The molecule has 0 heterocycles. The Morgan fingerprint density at radius 2 is 0.776 bits per heavy atom. The first kappa shape index (κ1) is 49.1. The third kappa shape index (κ3) is 32.5. The first-order valence-electron chi connectivity index (χ1n) is 22.2. The lowest BCUT2D eigenvalue weighted by atomic mass is 9.95. The normalized spacial score (nSPS) is 14.4. The summed E-state index contributed by atoms with van der Waals surface area (Å²) in [5, 5.41) is 9.71. The Morgan fingerprint density at radius 3 is 1.16 bits per heavy atom. The van der Waals surface area contributed by atoms with Crippen LogP contribution in [0.3, 0.4) is 0 Å². The van der Waals surface area contributed by atoms with E-state index in [2.05, 4.69) is 39.5 Å². The van der Waals surface area contributed by atoms with Crippen LogP contribution in [0.4, 0.5) is 0 Å². The highest BCUT2D eigenvalue weighted by atomic mass is 31.2. The summed E-state index contributed by atoms with van der Waals surface area (Å²) in [6.07, 6.45) is 36.8. The van der Waals surface area contributed by atoms with Crippen LogP contribution in [0.5, 0.6) is 0 Å². The van der Waals surface area contributed by atoms with E-state index in [1.165, 1.54) is 173 Å². The smallest absolute Gasteiger partial charge is 0.330 e. The zero-order chi connectivity index (χ0) is 36.1. The molecule has 2 atom stereocenters. The van der Waals surface area contributed by atoms with E-state index in [1.54, 1.807) is 0 Å². The molecule has 0 fully saturated rings. The number of hydrogen-bond donors (Lipinski definition) is 1. The van der Waals surface area contributed by atoms with E-state index in [9.17, 15) is 9.67 Å². The van der Waals surface area contributed by atoms with Crippen molar-refractivity contribution in [3.63, 3.8) is 0 Å². The first-order chi connectivity index (χ1) is 24.0. The van der Waals surface area contributed by atoms with Crippen LogP contribution in [0.15, 0.2) is 0 Å². The van der Waals surface area contributed by atoms with Crippen LogP contribution in [-0.4, -0.2) is 55.6 Å². The number of nitrogens with zero attached hydrogens (tertiary/aromatic N) is 1. The molecular formula is C43H90NO4P. The fraction of sp³-hybridized carbons (Fsp3) is 1.00. The molecule has 0 aliphatic heterocycles. The Labute approximate surface area is 308 Å². The summed E-state index contributed by atoms with van der Waals surface area (Å²) in [7, 11) is -3.23. The summed E-state index contributed by atoms with van der Waals surface area (Å²) < 4.78 is 27.7. The highest BCUT2D eigenvalue weighted by molar-refractivity contribution is 7.53. The molecule has 0 saturated carbocycles. The van der Waals surface area contributed by atoms with Gasteiger partial charge in [0.05, 0.1) is 26.0 Å². The lowest BCUT2D eigenvalue weighted by Crippen LogP contribution is -2.29. The van der Waals surface area contributed by atoms with Gasteiger partial charge in [0, 0.05) is 6.54 Å². The lowest BCUT2D eigenvalue weighted by molar-refractivity contribution is 0.144. The monoisotopic (exact) mass is 716 g/mol. The predicted octanol–water partition coefficient (Wildman–Crippen LogP) is 14.2. The Kier molecular flexibility index (Phi) is 37.9. The molecule has 6 heteroatoms. The zero-order valence-electron chi connectivity index (χ0n) is 34.2. The second-order valence-electron chi connectivity index (χ2n) is 15.4. The lowest BCUT2D eigenvalue weighted by Gasteiger charge is -2.26. The molecule has 0 aliphatic carbocycles. The van der Waals surface area contributed by atoms with Crippen molar-refractivity contribution in [1.29, 1.82) is 0 Å². The second-order valence-corrected chi connectivity index (χ2v) is 17.6. The Balaban J connectivity index is 5.53. The average Bonchev–Trinajstić information content (AvgIpc) is 3.10. The molecule has 0 rings (SSSR count). The summed E-state index contributed by atoms with van der Waals surface area (Å²) in [5.41, 5.74) is 0. The van der Waals surface area contributed by atoms with Crippen molar-refractivity contribution in [3.05, 3.63) is 0 Å². The first-order valence-corrected chi connectivity index (χ1v) is 23.9. The molecule has 0 aromatic rings. The molecule has 0 radical (unpaired) electrons. The van der Waals surface area contributed by atoms with Crippen molar-refractivity contribution in [1.82, 2.24) is 4.90 Å². The molecule has 296 valence electrons. The summed E-state index contributed by atoms with van der Waals surface area (Å²) >= 11 is 0. The molecule has 0 amide bonds. The number of aliphatic hydroxyl groups excluding tert-OH is 1. The van der Waals surface area contributed by atoms with Crippen LogP contribution in [0.1, 0.15) is 221 Å². The van der Waals surface area contributed by atoms with E-state index >= 15 is 0 Å². The summed E-state index contributed by atoms with van der Waals surface area (Å²) in [6, 6.07) is 0. The summed E-state index contributed by atoms with van der Waals surface area (Å²) in [6.45, 7) is 15.2. The van der Waals surface area contributed by atoms with Gasteiger partial charge in [0.25, 0.3) is 0 Å². The third-order valence-electron chi connectivity index (χ3n) is 10.5. The number of unbranched alkanes of at least 4 members (excludes halogenated alkanes) is 19. The van der Waals surface area contributed by atoms with Crippen LogP contribution in [0.2, 0.25) is 0 Å². The second kappa shape index (κ2) is 37.8. The van der Waals surface area contributed by atoms with E-state index in [-0.39, 0.29) is 6.61 Å². The van der Waals surface area contributed by atoms with E-state index in [1.807, 2.05) is 0 Å². The summed E-state index contributed by atoms with van der Waals surface area (Å²) in [5.74, 6) is 0.940. The topological polar surface area (TPSA) is 59.0 Å². The molecule has 0 bridgehead atoms. The fourth-order valence-corrected chi connectivity index (χ4v) is 8.84. The molecule has 0 saturated heterocycles. The van der Waals surface area contributed by atoms with Gasteiger partial charge in [-0.1, -0.05) is 182 Å². The number of hydrogen-bond acceptors (Lipinski definition) is 5. The predicted molar refractivity (Wildman–Crippen MR) is 217 cm³/mol. The van der Waals surface area contributed by atoms with Gasteiger partial charge in [-0.2, -0.15) is 0 Å². The van der Waals surface area contributed by atoms with Gasteiger partial charge in [0.2, 0.25) is 0 Å². The Morgan fingerprint density at radius 1 is 0.449 bits per heavy atom. The largest absolute Gasteiger partial charge is 0.395 e. The quantitative estimate of drug-likeness (QED) is 0.0504. The fourth-order valence-electron chi connectivity index (χ4n) is 7.10. The van der Waals surface area contributed by atoms with Gasteiger partial charge >= 0.3 is 7.60 Å². The highest BCUT2D eigenvalue weighted by Gasteiger charge is 2.28. The van der Waals surface area contributed by atoms with Crippen LogP contribution < -0.4 is 0 Å². The minimum absolute atomic E-state index is 0.175. The number of rotatable bonds is 41. The van der Waals surface area contributed by atoms with Crippen LogP contribution in [-0.2, 0) is 13.6 Å². The van der Waals surface area contributed by atoms with Gasteiger partial charge in [0.15, 0.2) is 0 Å². The minimum Gasteiger partial charge on any atom is -0.395 e. The van der Waals surface area contributed by atoms with Crippen molar-refractivity contribution < 1.29 is 18.7 Å². The minimum atomic E-state index is -3.23. The Bertz CT molecular complexity index is 653. The highest BCUT2D eigenvalue weighted by Crippen LogP contribution is 2.50. The molecule has 0 aromatic carbocycles. The SMILES string of the molecule is CCCCCCCCC(CCCCCC)COP(=O)(CCCN(CCO)CCCCCC)OCC(CCCCCC)CCCCCCCC. The van der Waals surface area contributed by atoms with Crippen LogP contribution in [0, 0.1) is 11.8 Å². The van der Waals surface area contributed by atoms with E-state index in [0.717, 1.165) is 25.9 Å². The summed E-state index contributed by atoms with van der Waals surface area (Å²) in [4.78, 5) is 2.35. The van der Waals surface area contributed by atoms with Crippen molar-refractivity contribution in [2.45, 2.75) is 221 Å². The maximum atomic E-state index is 14.6. The van der Waals surface area contributed by atoms with E-state index in [4.69, 9.17) is 9.05 Å². The van der Waals surface area contributed by atoms with Gasteiger partial charge < -0.3 is 19.1 Å². The standard InChI is InChI=1S/C43H90NO4P/c1-6-11-16-21-23-27-33-42(31-25-18-13-8-3)40-47-49(46,39-30-36-44(37-38-45)35-29-20-15-10-5)48-41-43(32-26-19-14-9-4)34-28-24-22-17-12-7-2/h42-43,45H,6-41H2,1-5H3. The van der Waals surface area contributed by atoms with Gasteiger partial charge in [0.1, 0.15) is 0 Å². The van der Waals surface area contributed by atoms with Crippen molar-refractivity contribution in [2.24, 2.45) is 11.8 Å². The molecule has 1 N–H and O–H groups in total. The van der Waals surface area contributed by atoms with Crippen LogP contribution in [0.25, 0.3) is 0 Å². The number of aliphatic hydroxyl groups is 1. The van der Waals surface area contributed by atoms with Gasteiger partial charge in [-0.15, -0.1) is 0 Å². The van der Waals surface area contributed by atoms with Crippen molar-refractivity contribution >= 4 is 7.60 Å². The molecule has 2 unspecified atom stereocenters. The van der Waals surface area contributed by atoms with E-state index < -0.39 is 7.60 Å². The van der Waals surface area contributed by atoms with Crippen molar-refractivity contribution in [2.75, 3.05) is 45.6 Å². The maximum Gasteiger partial charge on any atom is 0.330 e. The van der Waals surface area contributed by atoms with E-state index in [0.29, 0.717) is 37.8 Å². The molecule has 0 spiro atoms. The molecule has 49 heavy (non-hydrogen) atoms.